The monoisotopic (exact) mass is 263 g/mol. The second kappa shape index (κ2) is 9.11. The van der Waals surface area contributed by atoms with E-state index in [1.54, 1.807) is 0 Å². The largest absolute Gasteiger partial charge is 0.396 e. The molecule has 0 aromatic heterocycles. The fraction of sp³-hybridized carbons (Fsp3) is 0.647. The van der Waals surface area contributed by atoms with Gasteiger partial charge in [-0.2, -0.15) is 0 Å². The molecule has 0 saturated heterocycles. The van der Waals surface area contributed by atoms with Crippen LogP contribution in [-0.2, 0) is 6.42 Å². The number of aliphatic hydroxyl groups is 1. The van der Waals surface area contributed by atoms with Crippen molar-refractivity contribution in [2.45, 2.75) is 46.0 Å². The predicted octanol–water partition coefficient (Wildman–Crippen LogP) is 3.40. The van der Waals surface area contributed by atoms with Gasteiger partial charge in [-0.1, -0.05) is 44.2 Å². The molecule has 1 aromatic rings. The van der Waals surface area contributed by atoms with Crippen LogP contribution in [-0.4, -0.2) is 24.8 Å². The quantitative estimate of drug-likeness (QED) is 0.634. The highest BCUT2D eigenvalue weighted by atomic mass is 16.2. The number of aryl methyl sites for hydroxylation is 1. The minimum atomic E-state index is 0.294. The minimum absolute atomic E-state index is 0.294. The number of benzene rings is 1. The first kappa shape index (κ1) is 16.2. The van der Waals surface area contributed by atoms with E-state index in [0.29, 0.717) is 12.0 Å². The Morgan fingerprint density at radius 2 is 1.79 bits per heavy atom. The molecule has 0 atom stereocenters. The van der Waals surface area contributed by atoms with Gasteiger partial charge in [-0.25, -0.2) is 0 Å². The maximum absolute atomic E-state index is 8.86. The maximum Gasteiger partial charge on any atom is 0.0431 e. The molecule has 0 unspecified atom stereocenters. The van der Waals surface area contributed by atoms with Crippen LogP contribution in [0.1, 0.15) is 45.1 Å². The predicted molar refractivity (Wildman–Crippen MR) is 82.4 cm³/mol. The first-order valence-electron chi connectivity index (χ1n) is 7.49. The van der Waals surface area contributed by atoms with Gasteiger partial charge in [0.2, 0.25) is 0 Å². The summed E-state index contributed by atoms with van der Waals surface area (Å²) in [6, 6.07) is 10.7. The lowest BCUT2D eigenvalue weighted by Crippen LogP contribution is -2.30. The zero-order valence-electron chi connectivity index (χ0n) is 12.5. The molecule has 0 heterocycles. The summed E-state index contributed by atoms with van der Waals surface area (Å²) in [6.45, 7) is 6.97. The Morgan fingerprint density at radius 1 is 1.05 bits per heavy atom. The molecular weight excluding hydrogens is 234 g/mol. The van der Waals surface area contributed by atoms with E-state index in [-0.39, 0.29) is 0 Å². The summed E-state index contributed by atoms with van der Waals surface area (Å²) in [7, 11) is 0. The lowest BCUT2D eigenvalue weighted by atomic mass is 9.88. The topological polar surface area (TPSA) is 32.3 Å². The summed E-state index contributed by atoms with van der Waals surface area (Å²) in [4.78, 5) is 0. The summed E-state index contributed by atoms with van der Waals surface area (Å²) < 4.78 is 0. The fourth-order valence-corrected chi connectivity index (χ4v) is 2.30. The normalized spacial score (nSPS) is 11.7. The molecular formula is C17H29NO. The highest BCUT2D eigenvalue weighted by Gasteiger charge is 2.16. The molecule has 0 fully saturated rings. The number of unbranched alkanes of at least 4 members (excludes halogenated alkanes) is 1. The molecule has 0 radical (unpaired) electrons. The molecule has 0 aliphatic heterocycles. The summed E-state index contributed by atoms with van der Waals surface area (Å²) in [5.41, 5.74) is 1.73. The zero-order chi connectivity index (χ0) is 14.0. The Labute approximate surface area is 118 Å². The minimum Gasteiger partial charge on any atom is -0.396 e. The van der Waals surface area contributed by atoms with Crippen molar-refractivity contribution in [3.63, 3.8) is 0 Å². The van der Waals surface area contributed by atoms with Crippen LogP contribution >= 0.6 is 0 Å². The molecule has 108 valence electrons. The van der Waals surface area contributed by atoms with Crippen LogP contribution in [0.3, 0.4) is 0 Å². The number of nitrogens with one attached hydrogen (secondary N) is 1. The summed E-state index contributed by atoms with van der Waals surface area (Å²) in [5.74, 6) is 0. The highest BCUT2D eigenvalue weighted by molar-refractivity contribution is 5.14. The van der Waals surface area contributed by atoms with E-state index in [1.807, 2.05) is 0 Å². The van der Waals surface area contributed by atoms with Crippen LogP contribution < -0.4 is 5.32 Å². The third-order valence-corrected chi connectivity index (χ3v) is 3.53. The number of hydrogen-bond acceptors (Lipinski definition) is 2. The first-order chi connectivity index (χ1) is 9.14. The Hall–Kier alpha value is -0.860. The van der Waals surface area contributed by atoms with Crippen LogP contribution in [0.2, 0.25) is 0 Å². The van der Waals surface area contributed by atoms with Crippen LogP contribution in [0, 0.1) is 5.41 Å². The van der Waals surface area contributed by atoms with Crippen molar-refractivity contribution in [3.8, 4) is 0 Å². The second-order valence-electron chi connectivity index (χ2n) is 6.11. The van der Waals surface area contributed by atoms with Crippen LogP contribution in [0.15, 0.2) is 30.3 Å². The molecule has 1 aromatic carbocycles. The lowest BCUT2D eigenvalue weighted by molar-refractivity contribution is 0.236. The first-order valence-corrected chi connectivity index (χ1v) is 7.49. The molecule has 2 N–H and O–H groups in total. The lowest BCUT2D eigenvalue weighted by Gasteiger charge is -2.24. The van der Waals surface area contributed by atoms with Crippen LogP contribution in [0.5, 0.6) is 0 Å². The van der Waals surface area contributed by atoms with Crippen molar-refractivity contribution in [3.05, 3.63) is 35.9 Å². The third kappa shape index (κ3) is 8.02. The van der Waals surface area contributed by atoms with Crippen molar-refractivity contribution in [2.75, 3.05) is 19.7 Å². The van der Waals surface area contributed by atoms with Crippen molar-refractivity contribution in [1.29, 1.82) is 0 Å². The fourth-order valence-electron chi connectivity index (χ4n) is 2.30. The molecule has 0 bridgehead atoms. The average Bonchev–Trinajstić information content (AvgIpc) is 2.42. The van der Waals surface area contributed by atoms with Crippen LogP contribution in [0.25, 0.3) is 0 Å². The van der Waals surface area contributed by atoms with Crippen molar-refractivity contribution < 1.29 is 5.11 Å². The SMILES string of the molecule is CC(C)(CCCO)CNCCCCc1ccccc1. The molecule has 2 nitrogen and oxygen atoms in total. The third-order valence-electron chi connectivity index (χ3n) is 3.53. The summed E-state index contributed by atoms with van der Waals surface area (Å²) >= 11 is 0. The van der Waals surface area contributed by atoms with E-state index in [0.717, 1.165) is 25.9 Å². The molecule has 0 spiro atoms. The van der Waals surface area contributed by atoms with Crippen molar-refractivity contribution >= 4 is 0 Å². The molecule has 0 aliphatic carbocycles. The van der Waals surface area contributed by atoms with Gasteiger partial charge in [-0.3, -0.25) is 0 Å². The van der Waals surface area contributed by atoms with Gasteiger partial charge in [0.05, 0.1) is 0 Å². The summed E-state index contributed by atoms with van der Waals surface area (Å²) in [5, 5.41) is 12.4. The van der Waals surface area contributed by atoms with Gasteiger partial charge < -0.3 is 10.4 Å². The van der Waals surface area contributed by atoms with Gasteiger partial charge >= 0.3 is 0 Å². The van der Waals surface area contributed by atoms with Gasteiger partial charge in [0.15, 0.2) is 0 Å². The van der Waals surface area contributed by atoms with Gasteiger partial charge in [0, 0.05) is 13.2 Å². The molecule has 19 heavy (non-hydrogen) atoms. The van der Waals surface area contributed by atoms with Crippen LogP contribution in [0.4, 0.5) is 0 Å². The number of aliphatic hydroxyl groups excluding tert-OH is 1. The molecule has 0 saturated carbocycles. The van der Waals surface area contributed by atoms with E-state index in [1.165, 1.54) is 24.8 Å². The van der Waals surface area contributed by atoms with Gasteiger partial charge in [-0.05, 0) is 49.6 Å². The Morgan fingerprint density at radius 3 is 2.47 bits per heavy atom. The Bertz CT molecular complexity index is 321. The average molecular weight is 263 g/mol. The van der Waals surface area contributed by atoms with Gasteiger partial charge in [0.1, 0.15) is 0 Å². The zero-order valence-corrected chi connectivity index (χ0v) is 12.5. The Balaban J connectivity index is 2.02. The second-order valence-corrected chi connectivity index (χ2v) is 6.11. The smallest absolute Gasteiger partial charge is 0.0431 e. The maximum atomic E-state index is 8.86. The molecule has 0 amide bonds. The highest BCUT2D eigenvalue weighted by Crippen LogP contribution is 2.20. The van der Waals surface area contributed by atoms with E-state index in [2.05, 4.69) is 49.5 Å². The molecule has 2 heteroatoms. The molecule has 1 rings (SSSR count). The van der Waals surface area contributed by atoms with Gasteiger partial charge in [0.25, 0.3) is 0 Å². The number of hydrogen-bond donors (Lipinski definition) is 2. The van der Waals surface area contributed by atoms with Crippen molar-refractivity contribution in [2.24, 2.45) is 5.41 Å². The molecule has 0 aliphatic rings. The summed E-state index contributed by atoms with van der Waals surface area (Å²) in [6.07, 6.45) is 5.64. The standard InChI is InChI=1S/C17H29NO/c1-17(2,12-8-14-19)15-18-13-7-6-11-16-9-4-3-5-10-16/h3-5,9-10,18-19H,6-8,11-15H2,1-2H3. The van der Waals surface area contributed by atoms with E-state index < -0.39 is 0 Å². The van der Waals surface area contributed by atoms with Crippen molar-refractivity contribution in [1.82, 2.24) is 5.32 Å². The van der Waals surface area contributed by atoms with E-state index in [4.69, 9.17) is 5.11 Å². The Kier molecular flexibility index (Phi) is 7.76. The van der Waals surface area contributed by atoms with Gasteiger partial charge in [-0.15, -0.1) is 0 Å². The number of rotatable bonds is 10. The van der Waals surface area contributed by atoms with E-state index >= 15 is 0 Å². The van der Waals surface area contributed by atoms with E-state index in [9.17, 15) is 0 Å².